The molecule has 6 aromatic heterocycles. The van der Waals surface area contributed by atoms with E-state index in [1.165, 1.54) is 16.7 Å². The Hall–Kier alpha value is -10.2. The van der Waals surface area contributed by atoms with Crippen molar-refractivity contribution in [2.75, 3.05) is 193 Å². The normalized spacial score (nSPS) is 20.4. The summed E-state index contributed by atoms with van der Waals surface area (Å²) >= 11 is 31.8. The van der Waals surface area contributed by atoms with E-state index in [9.17, 15) is 24.0 Å². The molecule has 0 spiro atoms. The number of aromatic nitrogens is 5. The Morgan fingerprint density at radius 2 is 0.768 bits per heavy atom. The van der Waals surface area contributed by atoms with Gasteiger partial charge in [0.2, 0.25) is 0 Å². The number of halogens is 5. The number of ether oxygens (including phenoxy) is 4. The molecule has 0 saturated carbocycles. The average Bonchev–Trinajstić information content (AvgIpc) is 1.63. The molecule has 0 bridgehead atoms. The second-order valence-corrected chi connectivity index (χ2v) is 35.7. The molecule has 654 valence electrons. The molecule has 20 rings (SSSR count). The summed E-state index contributed by atoms with van der Waals surface area (Å²) < 4.78 is 34.0. The molecule has 11 aromatic rings. The molecule has 4 saturated heterocycles. The predicted molar refractivity (Wildman–Crippen MR) is 489 cm³/mol. The van der Waals surface area contributed by atoms with Gasteiger partial charge in [-0.1, -0.05) is 119 Å². The molecule has 4 fully saturated rings. The Bertz CT molecular complexity index is 5030. The number of hydrogen-bond acceptors (Lipinski definition) is 19. The number of thiazole rings is 1. The number of amides is 5. The molecule has 9 aliphatic rings. The van der Waals surface area contributed by atoms with Crippen molar-refractivity contribution in [3.05, 3.63) is 273 Å². The summed E-state index contributed by atoms with van der Waals surface area (Å²) in [6, 6.07) is 49.7. The van der Waals surface area contributed by atoms with E-state index in [2.05, 4.69) is 65.0 Å². The van der Waals surface area contributed by atoms with Gasteiger partial charge in [-0.2, -0.15) is 4.98 Å². The minimum atomic E-state index is -0.0882. The highest BCUT2D eigenvalue weighted by molar-refractivity contribution is 7.16. The summed E-state index contributed by atoms with van der Waals surface area (Å²) in [6.45, 7) is 15.4. The van der Waals surface area contributed by atoms with Crippen LogP contribution in [0.1, 0.15) is 169 Å². The number of morpholine rings is 4. The molecule has 9 aliphatic heterocycles. The molecule has 125 heavy (non-hydrogen) atoms. The van der Waals surface area contributed by atoms with Crippen LogP contribution < -0.4 is 19.6 Å². The first-order chi connectivity index (χ1) is 60.7. The van der Waals surface area contributed by atoms with Crippen molar-refractivity contribution in [1.82, 2.24) is 49.4 Å². The monoisotopic (exact) mass is 1810 g/mol. The fourth-order valence-electron chi connectivity index (χ4n) is 17.3. The molecule has 0 aliphatic carbocycles. The van der Waals surface area contributed by atoms with Gasteiger partial charge in [-0.25, -0.2) is 4.98 Å². The number of carbonyl (C=O) groups is 5. The van der Waals surface area contributed by atoms with Crippen molar-refractivity contribution < 1.29 is 51.8 Å². The molecule has 2 N–H and O–H groups in total. The highest BCUT2D eigenvalue weighted by Gasteiger charge is 2.39. The van der Waals surface area contributed by atoms with Crippen molar-refractivity contribution in [1.29, 1.82) is 0 Å². The van der Waals surface area contributed by atoms with Gasteiger partial charge in [0.1, 0.15) is 28.7 Å². The largest absolute Gasteiger partial charge is 0.444 e. The van der Waals surface area contributed by atoms with Gasteiger partial charge in [0.25, 0.3) is 35.6 Å². The Morgan fingerprint density at radius 1 is 0.368 bits per heavy atom. The van der Waals surface area contributed by atoms with Crippen molar-refractivity contribution in [3.8, 4) is 11.3 Å². The lowest BCUT2D eigenvalue weighted by Crippen LogP contribution is -2.36. The fourth-order valence-corrected chi connectivity index (χ4v) is 19.2. The van der Waals surface area contributed by atoms with E-state index in [0.29, 0.717) is 97.2 Å². The number of hydrogen-bond donors (Lipinski definition) is 2. The van der Waals surface area contributed by atoms with E-state index in [4.69, 9.17) is 90.8 Å². The molecule has 0 radical (unpaired) electrons. The van der Waals surface area contributed by atoms with Crippen LogP contribution in [0.4, 0.5) is 22.8 Å². The Labute approximate surface area is 756 Å². The standard InChI is InChI=1S/C20H18ClN3O.C19H22ClN3O2.C19H21ClN2O3.C18H20ClN3O3.C18H20ClN3O2S/c1-24-11-8-16(13-2-4-15(21)5-3-13)17-12-18(23-19(17)20(24)25)14-6-9-22-10-7-14;1-22-7-6-15(13-2-4-14(20)5-3-13)18-16(19(22)24)12-17(21-18)23-8-10-25-11-9-23;1-21-7-6-15(13-2-4-14(20)5-3-13)18-16(19(21)23)12-17(25-18)22-8-10-24-11-9-22;2*1-21-7-6-14(12-2-4-13(19)5-3-12)16-15(17(21)23)20-18(25-16)22-8-10-24-11-9-22/h2-7,9-10,12,16,23H,8,11H2,1H3;2-5,12,15,21H,6-11H2,1H3;2-5,12,15H,6-11H2,1H3;2*2-5,14H,6-11H2,1H3. The van der Waals surface area contributed by atoms with Gasteiger partial charge in [0, 0.05) is 215 Å². The summed E-state index contributed by atoms with van der Waals surface area (Å²) in [7, 11) is 9.22. The third kappa shape index (κ3) is 20.3. The van der Waals surface area contributed by atoms with E-state index < -0.39 is 0 Å². The second-order valence-electron chi connectivity index (χ2n) is 32.5. The third-order valence-corrected chi connectivity index (χ3v) is 27.0. The minimum Gasteiger partial charge on any atom is -0.444 e. The number of fused-ring (bicyclic) bond motifs is 5. The average molecular weight is 1810 g/mol. The number of oxazole rings is 1. The van der Waals surface area contributed by atoms with Gasteiger partial charge in [-0.3, -0.25) is 29.0 Å². The van der Waals surface area contributed by atoms with Crippen LogP contribution >= 0.6 is 69.3 Å². The minimum absolute atomic E-state index is 0.0107. The number of aromatic amines is 2. The van der Waals surface area contributed by atoms with E-state index >= 15 is 0 Å². The van der Waals surface area contributed by atoms with Crippen molar-refractivity contribution in [2.45, 2.75) is 61.7 Å². The number of benzene rings is 5. The Balaban J connectivity index is 0.000000115. The van der Waals surface area contributed by atoms with Gasteiger partial charge in [-0.15, -0.1) is 11.3 Å². The maximum Gasteiger partial charge on any atom is 0.298 e. The number of nitrogens with one attached hydrogen (secondary N) is 2. The number of furan rings is 1. The van der Waals surface area contributed by atoms with Crippen LogP contribution in [0.15, 0.2) is 173 Å². The van der Waals surface area contributed by atoms with Crippen molar-refractivity contribution in [2.24, 2.45) is 0 Å². The number of rotatable bonds is 10. The van der Waals surface area contributed by atoms with Crippen molar-refractivity contribution >= 4 is 122 Å². The SMILES string of the molecule is CN1CCC(c2ccc(Cl)cc2)c2[nH]c(N3CCOCC3)cc2C1=O.CN1CCC(c2ccc(Cl)cc2)c2cc(-c3ccncc3)[nH]c2C1=O.CN1CCC(c2ccc(Cl)cc2)c2oc(N3CCOCC3)cc2C1=O.CN1CCC(c2ccc(Cl)cc2)c2oc(N3CCOCC3)nc2C1=O.CN1CCC(c2ccc(Cl)cc2)c2sc(N3CCOCC3)nc2C1=O. The first-order valence-electron chi connectivity index (χ1n) is 42.5. The molecule has 25 nitrogen and oxygen atoms in total. The zero-order valence-corrected chi connectivity index (χ0v) is 75.1. The molecule has 15 heterocycles. The number of anilines is 4. The van der Waals surface area contributed by atoms with Gasteiger partial charge >= 0.3 is 0 Å². The highest BCUT2D eigenvalue weighted by atomic mass is 35.5. The molecule has 5 atom stereocenters. The van der Waals surface area contributed by atoms with Gasteiger partial charge in [-0.05, 0) is 150 Å². The van der Waals surface area contributed by atoms with Crippen LogP contribution in [0.2, 0.25) is 25.1 Å². The quantitative estimate of drug-likeness (QED) is 0.129. The lowest BCUT2D eigenvalue weighted by atomic mass is 9.89. The summed E-state index contributed by atoms with van der Waals surface area (Å²) in [4.78, 5) is 103. The number of carbonyl (C=O) groups excluding carboxylic acids is 5. The van der Waals surface area contributed by atoms with Crippen LogP contribution in [0.5, 0.6) is 0 Å². The first-order valence-corrected chi connectivity index (χ1v) is 45.2. The lowest BCUT2D eigenvalue weighted by Gasteiger charge is -2.27. The molecule has 31 heteroatoms. The number of nitrogens with zero attached hydrogens (tertiary/aromatic N) is 12. The maximum atomic E-state index is 12.8. The summed E-state index contributed by atoms with van der Waals surface area (Å²) in [5.74, 6) is 3.79. The summed E-state index contributed by atoms with van der Waals surface area (Å²) in [5.41, 5.74) is 12.9. The van der Waals surface area contributed by atoms with Gasteiger partial charge in [0.15, 0.2) is 16.7 Å². The fraction of sp³-hybridized carbons (Fsp3) is 0.383. The number of H-pyrrole nitrogens is 2. The lowest BCUT2D eigenvalue weighted by molar-refractivity contribution is 0.0787. The molecule has 5 unspecified atom stereocenters. The maximum absolute atomic E-state index is 12.8. The van der Waals surface area contributed by atoms with E-state index in [1.807, 2.05) is 159 Å². The first kappa shape index (κ1) is 88.2. The molecular weight excluding hydrogens is 1710 g/mol. The smallest absolute Gasteiger partial charge is 0.298 e. The summed E-state index contributed by atoms with van der Waals surface area (Å²) in [6.07, 6.45) is 7.78. The van der Waals surface area contributed by atoms with E-state index in [1.54, 1.807) is 50.4 Å². The molecule has 5 aromatic carbocycles. The highest BCUT2D eigenvalue weighted by Crippen LogP contribution is 2.45. The predicted octanol–water partition coefficient (Wildman–Crippen LogP) is 16.8. The van der Waals surface area contributed by atoms with Gasteiger partial charge in [0.05, 0.1) is 64.0 Å². The van der Waals surface area contributed by atoms with E-state index in [-0.39, 0.29) is 59.1 Å². The van der Waals surface area contributed by atoms with Crippen LogP contribution in [0, 0.1) is 0 Å². The zero-order valence-electron chi connectivity index (χ0n) is 70.5. The summed E-state index contributed by atoms with van der Waals surface area (Å²) in [5, 5.41) is 4.50. The molecular formula is C94H101Cl5N14O11S. The topological polar surface area (TPSA) is 248 Å². The van der Waals surface area contributed by atoms with Crippen LogP contribution in [0.25, 0.3) is 11.3 Å². The molecule has 5 amide bonds. The van der Waals surface area contributed by atoms with Crippen LogP contribution in [0.3, 0.4) is 0 Å². The van der Waals surface area contributed by atoms with Crippen LogP contribution in [-0.4, -0.2) is 252 Å². The van der Waals surface area contributed by atoms with E-state index in [0.717, 1.165) is 199 Å². The number of pyridine rings is 1. The van der Waals surface area contributed by atoms with Crippen LogP contribution in [-0.2, 0) is 18.9 Å². The zero-order chi connectivity index (χ0) is 86.9. The second kappa shape index (κ2) is 40.2. The van der Waals surface area contributed by atoms with Crippen molar-refractivity contribution in [3.63, 3.8) is 0 Å². The Kier molecular flexibility index (Phi) is 28.4. The third-order valence-electron chi connectivity index (χ3n) is 24.6. The van der Waals surface area contributed by atoms with Gasteiger partial charge < -0.3 is 81.8 Å². The Morgan fingerprint density at radius 3 is 1.28 bits per heavy atom.